The molecule has 2 aromatic rings. The molecule has 1 saturated carbocycles. The SMILES string of the molecule is CN(C[C@H]1CCC[C@H]1O)C(=O)NCc1cnc(-c2ccccc2)s1. The summed E-state index contributed by atoms with van der Waals surface area (Å²) >= 11 is 1.59. The number of aromatic nitrogens is 1. The first kappa shape index (κ1) is 16.9. The Balaban J connectivity index is 1.50. The van der Waals surface area contributed by atoms with Crippen LogP contribution in [0.15, 0.2) is 36.5 Å². The second-order valence-electron chi connectivity index (χ2n) is 6.30. The molecule has 6 heteroatoms. The molecule has 24 heavy (non-hydrogen) atoms. The second-order valence-corrected chi connectivity index (χ2v) is 7.41. The number of hydrogen-bond donors (Lipinski definition) is 2. The first-order valence-electron chi connectivity index (χ1n) is 8.30. The third-order valence-corrected chi connectivity index (χ3v) is 5.51. The maximum Gasteiger partial charge on any atom is 0.317 e. The number of nitrogens with zero attached hydrogens (tertiary/aromatic N) is 2. The van der Waals surface area contributed by atoms with Crippen LogP contribution in [0, 0.1) is 5.92 Å². The van der Waals surface area contributed by atoms with Gasteiger partial charge in [0, 0.05) is 36.1 Å². The van der Waals surface area contributed by atoms with E-state index in [1.807, 2.05) is 36.5 Å². The Morgan fingerprint density at radius 1 is 1.38 bits per heavy atom. The van der Waals surface area contributed by atoms with Crippen molar-refractivity contribution in [3.8, 4) is 10.6 Å². The average Bonchev–Trinajstić information content (AvgIpc) is 3.23. The maximum absolute atomic E-state index is 12.2. The Morgan fingerprint density at radius 3 is 2.88 bits per heavy atom. The van der Waals surface area contributed by atoms with Gasteiger partial charge in [-0.25, -0.2) is 9.78 Å². The van der Waals surface area contributed by atoms with Crippen LogP contribution >= 0.6 is 11.3 Å². The van der Waals surface area contributed by atoms with Gasteiger partial charge in [0.1, 0.15) is 5.01 Å². The fourth-order valence-electron chi connectivity index (χ4n) is 3.07. The monoisotopic (exact) mass is 345 g/mol. The summed E-state index contributed by atoms with van der Waals surface area (Å²) in [7, 11) is 1.78. The first-order chi connectivity index (χ1) is 11.6. The number of aliphatic hydroxyl groups excluding tert-OH is 1. The highest BCUT2D eigenvalue weighted by Gasteiger charge is 2.27. The number of benzene rings is 1. The molecule has 2 amide bonds. The molecule has 0 saturated heterocycles. The van der Waals surface area contributed by atoms with E-state index in [1.165, 1.54) is 0 Å². The summed E-state index contributed by atoms with van der Waals surface area (Å²) in [5.41, 5.74) is 1.09. The lowest BCUT2D eigenvalue weighted by Gasteiger charge is -2.23. The van der Waals surface area contributed by atoms with Crippen molar-refractivity contribution in [2.45, 2.75) is 31.9 Å². The lowest BCUT2D eigenvalue weighted by Crippen LogP contribution is -2.40. The molecule has 0 unspecified atom stereocenters. The van der Waals surface area contributed by atoms with Gasteiger partial charge in [0.15, 0.2) is 0 Å². The molecule has 1 aromatic carbocycles. The van der Waals surface area contributed by atoms with Crippen LogP contribution in [0.4, 0.5) is 4.79 Å². The number of thiazole rings is 1. The van der Waals surface area contributed by atoms with E-state index in [0.29, 0.717) is 13.1 Å². The van der Waals surface area contributed by atoms with E-state index >= 15 is 0 Å². The van der Waals surface area contributed by atoms with Gasteiger partial charge in [0.05, 0.1) is 12.6 Å². The van der Waals surface area contributed by atoms with Crippen LogP contribution in [-0.2, 0) is 6.54 Å². The van der Waals surface area contributed by atoms with Crippen molar-refractivity contribution in [2.75, 3.05) is 13.6 Å². The van der Waals surface area contributed by atoms with E-state index in [2.05, 4.69) is 10.3 Å². The molecule has 128 valence electrons. The van der Waals surface area contributed by atoms with Crippen LogP contribution in [0.3, 0.4) is 0 Å². The molecule has 1 fully saturated rings. The van der Waals surface area contributed by atoms with Gasteiger partial charge in [-0.05, 0) is 12.8 Å². The molecule has 5 nitrogen and oxygen atoms in total. The van der Waals surface area contributed by atoms with E-state index in [4.69, 9.17) is 0 Å². The van der Waals surface area contributed by atoms with Crippen molar-refractivity contribution in [1.82, 2.24) is 15.2 Å². The van der Waals surface area contributed by atoms with Gasteiger partial charge in [-0.1, -0.05) is 36.8 Å². The fraction of sp³-hybridized carbons (Fsp3) is 0.444. The zero-order valence-corrected chi connectivity index (χ0v) is 14.6. The number of nitrogens with one attached hydrogen (secondary N) is 1. The third kappa shape index (κ3) is 4.13. The van der Waals surface area contributed by atoms with Crippen molar-refractivity contribution in [3.63, 3.8) is 0 Å². The van der Waals surface area contributed by atoms with E-state index in [-0.39, 0.29) is 18.1 Å². The zero-order chi connectivity index (χ0) is 16.9. The fourth-order valence-corrected chi connectivity index (χ4v) is 3.92. The summed E-state index contributed by atoms with van der Waals surface area (Å²) in [5.74, 6) is 0.203. The van der Waals surface area contributed by atoms with Crippen molar-refractivity contribution in [3.05, 3.63) is 41.4 Å². The first-order valence-corrected chi connectivity index (χ1v) is 9.12. The number of carbonyl (C=O) groups excluding carboxylic acids is 1. The minimum Gasteiger partial charge on any atom is -0.393 e. The maximum atomic E-state index is 12.2. The molecule has 3 rings (SSSR count). The number of hydrogen-bond acceptors (Lipinski definition) is 4. The van der Waals surface area contributed by atoms with Crippen molar-refractivity contribution in [2.24, 2.45) is 5.92 Å². The lowest BCUT2D eigenvalue weighted by atomic mass is 10.1. The van der Waals surface area contributed by atoms with Crippen molar-refractivity contribution < 1.29 is 9.90 Å². The molecule has 2 N–H and O–H groups in total. The van der Waals surface area contributed by atoms with Crippen molar-refractivity contribution >= 4 is 17.4 Å². The summed E-state index contributed by atoms with van der Waals surface area (Å²) in [6, 6.07) is 9.91. The predicted octanol–water partition coefficient (Wildman–Crippen LogP) is 3.11. The van der Waals surface area contributed by atoms with Gasteiger partial charge < -0.3 is 15.3 Å². The molecule has 1 aromatic heterocycles. The standard InChI is InChI=1S/C18H23N3O2S/c1-21(12-14-8-5-9-16(14)22)18(23)20-11-15-10-19-17(24-15)13-6-3-2-4-7-13/h2-4,6-7,10,14,16,22H,5,8-9,11-12H2,1H3,(H,20,23)/t14-,16-/m1/s1. The third-order valence-electron chi connectivity index (χ3n) is 4.46. The van der Waals surface area contributed by atoms with Crippen LogP contribution in [0.5, 0.6) is 0 Å². The van der Waals surface area contributed by atoms with Gasteiger partial charge in [0.25, 0.3) is 0 Å². The molecule has 1 aliphatic carbocycles. The lowest BCUT2D eigenvalue weighted by molar-refractivity contribution is 0.114. The van der Waals surface area contributed by atoms with Crippen LogP contribution in [0.1, 0.15) is 24.1 Å². The van der Waals surface area contributed by atoms with E-state index in [1.54, 1.807) is 23.3 Å². The van der Waals surface area contributed by atoms with Gasteiger partial charge in [0.2, 0.25) is 0 Å². The summed E-state index contributed by atoms with van der Waals surface area (Å²) in [4.78, 5) is 19.3. The number of rotatable bonds is 5. The molecule has 1 aliphatic rings. The molecule has 2 atom stereocenters. The average molecular weight is 345 g/mol. The molecular weight excluding hydrogens is 322 g/mol. The highest BCUT2D eigenvalue weighted by Crippen LogP contribution is 2.26. The molecule has 0 aliphatic heterocycles. The second kappa shape index (κ2) is 7.77. The van der Waals surface area contributed by atoms with Crippen molar-refractivity contribution in [1.29, 1.82) is 0 Å². The zero-order valence-electron chi connectivity index (χ0n) is 13.8. The summed E-state index contributed by atoms with van der Waals surface area (Å²) in [6.45, 7) is 1.08. The summed E-state index contributed by atoms with van der Waals surface area (Å²) in [5, 5.41) is 13.8. The number of urea groups is 1. The molecule has 0 bridgehead atoms. The van der Waals surface area contributed by atoms with Crippen LogP contribution in [-0.4, -0.2) is 40.7 Å². The smallest absolute Gasteiger partial charge is 0.317 e. The molecule has 1 heterocycles. The Bertz CT molecular complexity index is 674. The molecular formula is C18H23N3O2S. The minimum atomic E-state index is -0.268. The van der Waals surface area contributed by atoms with Crippen LogP contribution < -0.4 is 5.32 Å². The highest BCUT2D eigenvalue weighted by molar-refractivity contribution is 7.15. The molecule has 0 radical (unpaired) electrons. The molecule has 0 spiro atoms. The van der Waals surface area contributed by atoms with Crippen LogP contribution in [0.2, 0.25) is 0 Å². The van der Waals surface area contributed by atoms with Crippen LogP contribution in [0.25, 0.3) is 10.6 Å². The number of amides is 2. The number of aliphatic hydroxyl groups is 1. The van der Waals surface area contributed by atoms with Gasteiger partial charge in [-0.2, -0.15) is 0 Å². The van der Waals surface area contributed by atoms with E-state index < -0.39 is 0 Å². The highest BCUT2D eigenvalue weighted by atomic mass is 32.1. The quantitative estimate of drug-likeness (QED) is 0.875. The largest absolute Gasteiger partial charge is 0.393 e. The summed E-state index contributed by atoms with van der Waals surface area (Å²) < 4.78 is 0. The van der Waals surface area contributed by atoms with E-state index in [9.17, 15) is 9.90 Å². The minimum absolute atomic E-state index is 0.108. The van der Waals surface area contributed by atoms with Gasteiger partial charge in [-0.15, -0.1) is 11.3 Å². The Hall–Kier alpha value is -1.92. The Morgan fingerprint density at radius 2 is 2.17 bits per heavy atom. The Kier molecular flexibility index (Phi) is 5.48. The van der Waals surface area contributed by atoms with Gasteiger partial charge >= 0.3 is 6.03 Å². The normalized spacial score (nSPS) is 20.1. The summed E-state index contributed by atoms with van der Waals surface area (Å²) in [6.07, 6.45) is 4.44. The topological polar surface area (TPSA) is 65.5 Å². The number of carbonyl (C=O) groups is 1. The van der Waals surface area contributed by atoms with E-state index in [0.717, 1.165) is 34.7 Å². The Labute approximate surface area is 146 Å². The van der Waals surface area contributed by atoms with Gasteiger partial charge in [-0.3, -0.25) is 0 Å². The predicted molar refractivity (Wildman–Crippen MR) is 95.8 cm³/mol.